The third kappa shape index (κ3) is 7.05. The van der Waals surface area contributed by atoms with Crippen molar-refractivity contribution in [2.45, 2.75) is 0 Å². The molecule has 13 aromatic carbocycles. The summed E-state index contributed by atoms with van der Waals surface area (Å²) in [4.78, 5) is 3.68. The zero-order chi connectivity index (χ0) is 62.5. The van der Waals surface area contributed by atoms with Gasteiger partial charge in [0.2, 0.25) is 0 Å². The van der Waals surface area contributed by atoms with E-state index in [0.29, 0.717) is 22.7 Å². The number of hydrogen-bond acceptors (Lipinski definition) is 2. The van der Waals surface area contributed by atoms with E-state index in [1.54, 1.807) is 0 Å². The van der Waals surface area contributed by atoms with Crippen molar-refractivity contribution in [2.24, 2.45) is 0 Å². The highest BCUT2D eigenvalue weighted by Crippen LogP contribution is 2.50. The van der Waals surface area contributed by atoms with Gasteiger partial charge >= 0.3 is 0 Å². The molecule has 0 fully saturated rings. The molecule has 4 heterocycles. The molecule has 0 aliphatic rings. The predicted molar refractivity (Wildman–Crippen MR) is 347 cm³/mol. The van der Waals surface area contributed by atoms with Gasteiger partial charge in [0.1, 0.15) is 0 Å². The minimum absolute atomic E-state index is 0.0363. The number of hydrogen-bond donors (Lipinski definition) is 0. The third-order valence-electron chi connectivity index (χ3n) is 16.5. The number of nitrogens with zero attached hydrogens (tertiary/aromatic N) is 4. The van der Waals surface area contributed by atoms with Gasteiger partial charge in [-0.25, -0.2) is 0 Å². The van der Waals surface area contributed by atoms with Crippen LogP contribution in [0.2, 0.25) is 0 Å². The summed E-state index contributed by atoms with van der Waals surface area (Å²) >= 11 is 0. The first-order valence-electron chi connectivity index (χ1n) is 32.4. The predicted octanol–water partition coefficient (Wildman–Crippen LogP) is 21.6. The number of fused-ring (bicyclic) bond motifs is 12. The molecule has 0 radical (unpaired) electrons. The van der Waals surface area contributed by atoms with Crippen molar-refractivity contribution in [1.82, 2.24) is 8.80 Å². The van der Waals surface area contributed by atoms with Gasteiger partial charge in [-0.15, -0.1) is 0 Å². The second-order valence-electron chi connectivity index (χ2n) is 20.9. The molecule has 0 unspecified atom stereocenters. The topological polar surface area (TPSA) is 15.3 Å². The quantitative estimate of drug-likeness (QED) is 0.136. The first kappa shape index (κ1) is 37.0. The normalized spacial score (nSPS) is 13.6. The van der Waals surface area contributed by atoms with Crippen molar-refractivity contribution in [3.05, 3.63) is 303 Å². The Kier molecular flexibility index (Phi) is 8.27. The molecule has 4 heteroatoms. The van der Waals surface area contributed by atoms with E-state index in [9.17, 15) is 5.48 Å². The highest BCUT2D eigenvalue weighted by atomic mass is 15.2. The van der Waals surface area contributed by atoms with Crippen molar-refractivity contribution in [3.63, 3.8) is 0 Å². The van der Waals surface area contributed by atoms with Crippen LogP contribution in [-0.4, -0.2) is 8.80 Å². The maximum Gasteiger partial charge on any atom is 0.0645 e. The lowest BCUT2D eigenvalue weighted by atomic mass is 9.96. The SMILES string of the molecule is [2H]c1c([2H])c([2H])c(N(c2ccc3c(c2)c2cccc4c5cc6c(cc5n3c24)c2cccc3c4cc(N(c5cc(-c7ccccc7)ccc5-c5ccccc5)c5c([2H])c([2H])c([2H])c([2H])c5[2H])ccc4n6c32)c2cc(-c3ccccc3)ccc2-c2ccccc2)c([2H])c1[2H]. The van der Waals surface area contributed by atoms with E-state index in [2.05, 4.69) is 106 Å². The van der Waals surface area contributed by atoms with Gasteiger partial charge < -0.3 is 18.6 Å². The molecule has 4 aromatic heterocycles. The Bertz CT molecular complexity index is 5470. The fraction of sp³-hybridized carbons (Fsp3) is 0. The molecule has 0 aliphatic carbocycles. The zero-order valence-electron chi connectivity index (χ0n) is 53.9. The van der Waals surface area contributed by atoms with Crippen LogP contribution in [0.15, 0.2) is 303 Å². The van der Waals surface area contributed by atoms with Gasteiger partial charge in [0.25, 0.3) is 0 Å². The van der Waals surface area contributed by atoms with E-state index in [1.807, 2.05) is 155 Å². The summed E-state index contributed by atoms with van der Waals surface area (Å²) in [5.74, 6) is 0. The summed E-state index contributed by atoms with van der Waals surface area (Å²) in [6.07, 6.45) is 0. The number of anilines is 6. The molecule has 82 heavy (non-hydrogen) atoms. The van der Waals surface area contributed by atoms with Crippen molar-refractivity contribution < 1.29 is 13.7 Å². The second-order valence-corrected chi connectivity index (χ2v) is 20.9. The van der Waals surface area contributed by atoms with Gasteiger partial charge in [-0.05, 0) is 118 Å². The van der Waals surface area contributed by atoms with Gasteiger partial charge in [0.05, 0.1) is 58.2 Å². The Morgan fingerprint density at radius 2 is 0.598 bits per heavy atom. The molecule has 382 valence electrons. The maximum atomic E-state index is 9.50. The van der Waals surface area contributed by atoms with E-state index in [1.165, 1.54) is 0 Å². The molecule has 0 saturated carbocycles. The molecule has 0 N–H and O–H groups in total. The first-order valence-corrected chi connectivity index (χ1v) is 27.4. The summed E-state index contributed by atoms with van der Waals surface area (Å²) in [6.45, 7) is 0. The highest BCUT2D eigenvalue weighted by molar-refractivity contribution is 6.29. The summed E-state index contributed by atoms with van der Waals surface area (Å²) in [5, 5.41) is 8.06. The van der Waals surface area contributed by atoms with Crippen LogP contribution in [0.5, 0.6) is 0 Å². The van der Waals surface area contributed by atoms with Crippen LogP contribution in [0.1, 0.15) is 13.7 Å². The molecule has 0 saturated heterocycles. The molecule has 0 atom stereocenters. The Labute approximate surface area is 488 Å². The lowest BCUT2D eigenvalue weighted by Gasteiger charge is -2.28. The first-order chi connectivity index (χ1) is 44.8. The smallest absolute Gasteiger partial charge is 0.0645 e. The average molecular weight is 1050 g/mol. The van der Waals surface area contributed by atoms with Crippen LogP contribution in [0.25, 0.3) is 121 Å². The highest BCUT2D eigenvalue weighted by Gasteiger charge is 2.26. The van der Waals surface area contributed by atoms with Crippen molar-refractivity contribution in [1.29, 1.82) is 0 Å². The molecule has 17 aromatic rings. The number of rotatable bonds is 10. The largest absolute Gasteiger partial charge is 0.310 e. The summed E-state index contributed by atoms with van der Waals surface area (Å²) < 4.78 is 95.8. The van der Waals surface area contributed by atoms with Gasteiger partial charge in [-0.1, -0.05) is 218 Å². The van der Waals surface area contributed by atoms with Crippen LogP contribution in [0, 0.1) is 0 Å². The second kappa shape index (κ2) is 18.3. The molecular weight excluding hydrogens is 993 g/mol. The fourth-order valence-electron chi connectivity index (χ4n) is 13.0. The fourth-order valence-corrected chi connectivity index (χ4v) is 13.0. The van der Waals surface area contributed by atoms with E-state index in [0.717, 1.165) is 121 Å². The monoisotopic (exact) mass is 1050 g/mol. The Hall–Kier alpha value is -10.9. The van der Waals surface area contributed by atoms with E-state index in [4.69, 9.17) is 8.22 Å². The average Bonchev–Trinajstić information content (AvgIpc) is 1.52. The summed E-state index contributed by atoms with van der Waals surface area (Å²) in [6, 6.07) is 78.1. The Morgan fingerprint density at radius 3 is 0.976 bits per heavy atom. The van der Waals surface area contributed by atoms with Gasteiger partial charge in [0.15, 0.2) is 0 Å². The number of para-hydroxylation sites is 4. The summed E-state index contributed by atoms with van der Waals surface area (Å²) in [5.41, 5.74) is 15.7. The van der Waals surface area contributed by atoms with Gasteiger partial charge in [0, 0.05) is 77.0 Å². The van der Waals surface area contributed by atoms with E-state index >= 15 is 0 Å². The molecule has 0 amide bonds. The van der Waals surface area contributed by atoms with Gasteiger partial charge in [-0.3, -0.25) is 0 Å². The van der Waals surface area contributed by atoms with E-state index in [-0.39, 0.29) is 35.5 Å². The van der Waals surface area contributed by atoms with Crippen molar-refractivity contribution in [3.8, 4) is 44.5 Å². The number of aromatic nitrogens is 2. The molecule has 4 nitrogen and oxygen atoms in total. The van der Waals surface area contributed by atoms with Gasteiger partial charge in [-0.2, -0.15) is 0 Å². The standard InChI is InChI=1S/C78H50N4/c1-7-21-51(22-8-1)55-37-41-61(53-25-11-3-12-26-53)73(45-55)79(57-29-15-5-16-30-57)59-39-43-71-67(47-59)63-33-19-35-65-69-50-76-70(49-75(69)81(71)77(63)65)66-36-20-34-64-68-48-60(40-44-72(68)82(76)78(64)66)80(58-31-17-6-18-32-58)74-46-56(52-23-9-2-10-24-52)38-42-62(74)54-27-13-4-14-28-54/h1-50H/i5D,6D,15D,16D,17D,18D,29D,30D,31D,32D. The van der Waals surface area contributed by atoms with Crippen LogP contribution >= 0.6 is 0 Å². The number of benzene rings is 13. The molecule has 0 spiro atoms. The zero-order valence-corrected chi connectivity index (χ0v) is 43.9. The molecule has 17 rings (SSSR count). The molecular formula is C78H50N4. The van der Waals surface area contributed by atoms with E-state index < -0.39 is 36.3 Å². The summed E-state index contributed by atoms with van der Waals surface area (Å²) in [7, 11) is 0. The van der Waals surface area contributed by atoms with Crippen molar-refractivity contribution in [2.75, 3.05) is 9.80 Å². The van der Waals surface area contributed by atoms with Crippen LogP contribution in [-0.2, 0) is 0 Å². The van der Waals surface area contributed by atoms with Crippen LogP contribution < -0.4 is 9.80 Å². The maximum absolute atomic E-state index is 9.50. The lowest BCUT2D eigenvalue weighted by molar-refractivity contribution is 1.28. The minimum Gasteiger partial charge on any atom is -0.310 e. The molecule has 0 aliphatic heterocycles. The van der Waals surface area contributed by atoms with Crippen LogP contribution in [0.4, 0.5) is 34.1 Å². The Morgan fingerprint density at radius 1 is 0.244 bits per heavy atom. The third-order valence-corrected chi connectivity index (χ3v) is 16.5. The Balaban J connectivity index is 0.876. The minimum atomic E-state index is -0.467. The molecule has 0 bridgehead atoms. The lowest BCUT2D eigenvalue weighted by Crippen LogP contribution is -2.11. The van der Waals surface area contributed by atoms with Crippen LogP contribution in [0.3, 0.4) is 0 Å². The van der Waals surface area contributed by atoms with Crippen molar-refractivity contribution >= 4 is 110 Å².